The summed E-state index contributed by atoms with van der Waals surface area (Å²) in [5.41, 5.74) is 10.3. The molecule has 178 valence electrons. The molecule has 5 heterocycles. The molecule has 3 aromatic heterocycles. The minimum Gasteiger partial charge on any atom is -0.355 e. The first kappa shape index (κ1) is 20.8. The van der Waals surface area contributed by atoms with E-state index in [0.717, 1.165) is 73.0 Å². The van der Waals surface area contributed by atoms with E-state index in [9.17, 15) is 4.39 Å². The number of benzene rings is 1. The van der Waals surface area contributed by atoms with E-state index in [-0.39, 0.29) is 11.2 Å². The number of hydrogen-bond acceptors (Lipinski definition) is 7. The molecule has 0 bridgehead atoms. The third-order valence-electron chi connectivity index (χ3n) is 8.31. The van der Waals surface area contributed by atoms with Crippen LogP contribution in [0.25, 0.3) is 11.2 Å². The Morgan fingerprint density at radius 1 is 1.11 bits per heavy atom. The van der Waals surface area contributed by atoms with E-state index >= 15 is 0 Å². The fourth-order valence-electron chi connectivity index (χ4n) is 6.57. The number of halogens is 1. The van der Waals surface area contributed by atoms with Gasteiger partial charge in [0.1, 0.15) is 11.6 Å². The van der Waals surface area contributed by atoms with Crippen molar-refractivity contribution in [2.24, 2.45) is 17.6 Å². The Hall–Kier alpha value is -3.59. The first-order valence-corrected chi connectivity index (χ1v) is 12.3. The predicted molar refractivity (Wildman–Crippen MR) is 132 cm³/mol. The van der Waals surface area contributed by atoms with Crippen molar-refractivity contribution >= 4 is 28.5 Å². The summed E-state index contributed by atoms with van der Waals surface area (Å²) in [6, 6.07) is 11.1. The first-order valence-electron chi connectivity index (χ1n) is 12.3. The zero-order chi connectivity index (χ0) is 23.6. The van der Waals surface area contributed by atoms with Crippen molar-refractivity contribution in [3.8, 4) is 0 Å². The summed E-state index contributed by atoms with van der Waals surface area (Å²) in [6.45, 7) is 2.97. The lowest BCUT2D eigenvalue weighted by molar-refractivity contribution is 0.533. The summed E-state index contributed by atoms with van der Waals surface area (Å²) in [7, 11) is 0. The third-order valence-corrected chi connectivity index (χ3v) is 8.31. The monoisotopic (exact) mass is 470 g/mol. The van der Waals surface area contributed by atoms with E-state index in [4.69, 9.17) is 15.7 Å². The topological polar surface area (TPSA) is 99.9 Å². The lowest BCUT2D eigenvalue weighted by Crippen LogP contribution is -2.32. The van der Waals surface area contributed by atoms with E-state index in [1.165, 1.54) is 0 Å². The standard InChI is InChI=1S/C26H27FN8/c27-19-6-2-1-5-17(19)26(15-28)16-9-12-34(14-18(16)26)22-13-30-23-24(31-22)32-33-25(23)35-11-4-7-20-21(35)8-3-10-29-20/h1-3,5-6,8,10,13,16,18H,4,7,9,11-12,14-15,28H2,(H,31,32,33)/t16-,18?,26-/m1/s1. The molecular weight excluding hydrogens is 443 g/mol. The number of hydrogen-bond donors (Lipinski definition) is 2. The number of nitrogens with zero attached hydrogens (tertiary/aromatic N) is 6. The molecule has 0 spiro atoms. The van der Waals surface area contributed by atoms with Gasteiger partial charge < -0.3 is 15.5 Å². The van der Waals surface area contributed by atoms with Crippen LogP contribution in [-0.2, 0) is 11.8 Å². The van der Waals surface area contributed by atoms with Gasteiger partial charge >= 0.3 is 0 Å². The molecule has 9 heteroatoms. The quantitative estimate of drug-likeness (QED) is 0.472. The first-order chi connectivity index (χ1) is 17.2. The highest BCUT2D eigenvalue weighted by atomic mass is 19.1. The number of pyridine rings is 1. The third kappa shape index (κ3) is 3.00. The fourth-order valence-corrected chi connectivity index (χ4v) is 6.57. The number of H-pyrrole nitrogens is 1. The van der Waals surface area contributed by atoms with Crippen molar-refractivity contribution in [1.29, 1.82) is 0 Å². The SMILES string of the molecule is NC[C@@]1(c2ccccc2F)C2CN(c3cnc4c(N5CCCc6ncccc65)n[nH]c4n3)CC[C@H]21. The van der Waals surface area contributed by atoms with E-state index in [1.807, 2.05) is 30.6 Å². The second-order valence-electron chi connectivity index (χ2n) is 9.87. The molecule has 1 saturated carbocycles. The number of anilines is 3. The maximum absolute atomic E-state index is 14.7. The van der Waals surface area contributed by atoms with Crippen molar-refractivity contribution in [3.05, 3.63) is 65.9 Å². The lowest BCUT2D eigenvalue weighted by atomic mass is 9.91. The number of rotatable bonds is 4. The zero-order valence-electron chi connectivity index (χ0n) is 19.4. The van der Waals surface area contributed by atoms with Crippen molar-refractivity contribution in [1.82, 2.24) is 25.1 Å². The smallest absolute Gasteiger partial charge is 0.183 e. The van der Waals surface area contributed by atoms with Gasteiger partial charge in [-0.1, -0.05) is 18.2 Å². The van der Waals surface area contributed by atoms with Crippen LogP contribution in [0.2, 0.25) is 0 Å². The van der Waals surface area contributed by atoms with E-state index in [0.29, 0.717) is 24.0 Å². The number of piperidine rings is 1. The number of aryl methyl sites for hydroxylation is 1. The Kier molecular flexibility index (Phi) is 4.57. The Morgan fingerprint density at radius 2 is 2.03 bits per heavy atom. The van der Waals surface area contributed by atoms with Gasteiger partial charge in [-0.3, -0.25) is 10.1 Å². The second-order valence-corrected chi connectivity index (χ2v) is 9.87. The molecule has 3 N–H and O–H groups in total. The summed E-state index contributed by atoms with van der Waals surface area (Å²) in [5.74, 6) is 2.17. The van der Waals surface area contributed by atoms with Gasteiger partial charge in [0.2, 0.25) is 0 Å². The summed E-state index contributed by atoms with van der Waals surface area (Å²) < 4.78 is 14.7. The van der Waals surface area contributed by atoms with E-state index in [1.54, 1.807) is 12.1 Å². The molecule has 4 aromatic rings. The molecule has 2 aliphatic heterocycles. The van der Waals surface area contributed by atoms with Gasteiger partial charge in [0.05, 0.1) is 17.6 Å². The number of fused-ring (bicyclic) bond motifs is 3. The van der Waals surface area contributed by atoms with Gasteiger partial charge in [0.25, 0.3) is 0 Å². The Labute approximate surface area is 202 Å². The van der Waals surface area contributed by atoms with Crippen LogP contribution in [0.15, 0.2) is 48.8 Å². The largest absolute Gasteiger partial charge is 0.355 e. The summed E-state index contributed by atoms with van der Waals surface area (Å²) in [4.78, 5) is 18.6. The Morgan fingerprint density at radius 3 is 2.91 bits per heavy atom. The average molecular weight is 471 g/mol. The summed E-state index contributed by atoms with van der Waals surface area (Å²) in [5, 5.41) is 7.68. The average Bonchev–Trinajstić information content (AvgIpc) is 3.37. The van der Waals surface area contributed by atoms with Crippen molar-refractivity contribution < 1.29 is 4.39 Å². The van der Waals surface area contributed by atoms with Crippen LogP contribution in [0.1, 0.15) is 24.1 Å². The van der Waals surface area contributed by atoms with Gasteiger partial charge in [-0.25, -0.2) is 14.4 Å². The van der Waals surface area contributed by atoms with Gasteiger partial charge in [-0.15, -0.1) is 0 Å². The van der Waals surface area contributed by atoms with Crippen LogP contribution in [0.4, 0.5) is 21.7 Å². The van der Waals surface area contributed by atoms with E-state index < -0.39 is 0 Å². The molecule has 3 atom stereocenters. The molecule has 3 aliphatic rings. The van der Waals surface area contributed by atoms with Crippen molar-refractivity contribution in [2.75, 3.05) is 36.0 Å². The van der Waals surface area contributed by atoms with Crippen molar-refractivity contribution in [2.45, 2.75) is 24.7 Å². The van der Waals surface area contributed by atoms with Crippen LogP contribution >= 0.6 is 0 Å². The predicted octanol–water partition coefficient (Wildman–Crippen LogP) is 3.32. The van der Waals surface area contributed by atoms with Crippen LogP contribution in [0.3, 0.4) is 0 Å². The van der Waals surface area contributed by atoms with Crippen LogP contribution in [0.5, 0.6) is 0 Å². The number of nitrogens with two attached hydrogens (primary N) is 1. The fraction of sp³-hybridized carbons (Fsp3) is 0.385. The number of aromatic nitrogens is 5. The molecule has 0 amide bonds. The molecule has 8 nitrogen and oxygen atoms in total. The van der Waals surface area contributed by atoms with Crippen LogP contribution in [-0.4, -0.2) is 51.3 Å². The molecule has 35 heavy (non-hydrogen) atoms. The van der Waals surface area contributed by atoms with Gasteiger partial charge in [-0.05, 0) is 54.9 Å². The zero-order valence-corrected chi connectivity index (χ0v) is 19.4. The highest BCUT2D eigenvalue weighted by Crippen LogP contribution is 2.63. The van der Waals surface area contributed by atoms with Crippen LogP contribution < -0.4 is 15.5 Å². The van der Waals surface area contributed by atoms with Gasteiger partial charge in [0.15, 0.2) is 17.0 Å². The van der Waals surface area contributed by atoms with Crippen LogP contribution in [0, 0.1) is 17.7 Å². The molecule has 2 fully saturated rings. The molecule has 0 radical (unpaired) electrons. The number of nitrogens with one attached hydrogen (secondary N) is 1. The Balaban J connectivity index is 1.17. The summed E-state index contributed by atoms with van der Waals surface area (Å²) in [6.07, 6.45) is 6.63. The second kappa shape index (κ2) is 7.71. The molecule has 7 rings (SSSR count). The highest BCUT2D eigenvalue weighted by Gasteiger charge is 2.66. The van der Waals surface area contributed by atoms with Crippen molar-refractivity contribution in [3.63, 3.8) is 0 Å². The summed E-state index contributed by atoms with van der Waals surface area (Å²) >= 11 is 0. The number of aromatic amines is 1. The molecule has 1 saturated heterocycles. The maximum Gasteiger partial charge on any atom is 0.183 e. The normalized spacial score (nSPS) is 25.4. The Bertz CT molecular complexity index is 1420. The molecule has 1 unspecified atom stereocenters. The highest BCUT2D eigenvalue weighted by molar-refractivity contribution is 5.87. The van der Waals surface area contributed by atoms with E-state index in [2.05, 4.69) is 31.0 Å². The minimum absolute atomic E-state index is 0.153. The molecular formula is C26H27FN8. The lowest BCUT2D eigenvalue weighted by Gasteiger charge is -2.28. The maximum atomic E-state index is 14.7. The van der Waals surface area contributed by atoms with Gasteiger partial charge in [-0.2, -0.15) is 5.10 Å². The molecule has 1 aromatic carbocycles. The molecule has 1 aliphatic carbocycles. The minimum atomic E-state index is -0.283. The van der Waals surface area contributed by atoms with Gasteiger partial charge in [0, 0.05) is 37.8 Å².